The molecule has 0 aliphatic rings. The zero-order valence-electron chi connectivity index (χ0n) is 2.86. The molecule has 0 aromatic heterocycles. The van der Waals surface area contributed by atoms with Gasteiger partial charge in [0, 0.05) is 47.8 Å². The molecule has 0 bridgehead atoms. The zero-order valence-corrected chi connectivity index (χ0v) is 6.06. The first-order chi connectivity index (χ1) is 1.73. The molecule has 0 aromatic carbocycles. The molecule has 0 spiro atoms. The Bertz CT molecular complexity index is 30.6. The smallest absolute Gasteiger partial charge is 0.300 e. The summed E-state index contributed by atoms with van der Waals surface area (Å²) in [6.45, 7) is 1.08. The van der Waals surface area contributed by atoms with E-state index in [4.69, 9.17) is 9.90 Å². The first kappa shape index (κ1) is 9.27. The van der Waals surface area contributed by atoms with Crippen molar-refractivity contribution in [3.8, 4) is 0 Å². The summed E-state index contributed by atoms with van der Waals surface area (Å²) in [7, 11) is 0. The summed E-state index contributed by atoms with van der Waals surface area (Å²) in [4.78, 5) is 9.00. The first-order valence-electron chi connectivity index (χ1n) is 0.928. The van der Waals surface area contributed by atoms with Gasteiger partial charge in [0.1, 0.15) is 0 Å². The molecule has 0 aliphatic heterocycles. The molecule has 0 unspecified atom stereocenters. The number of carboxylic acids is 1. The predicted molar refractivity (Wildman–Crippen MR) is 13.3 cm³/mol. The summed E-state index contributed by atoms with van der Waals surface area (Å²) in [5, 5.41) is 7.42. The van der Waals surface area contributed by atoms with E-state index in [1.807, 2.05) is 0 Å². The largest absolute Gasteiger partial charge is 0.481 e. The summed E-state index contributed by atoms with van der Waals surface area (Å²) >= 11 is 0. The summed E-state index contributed by atoms with van der Waals surface area (Å²) in [6.07, 6.45) is 0. The molecule has 0 rings (SSSR count). The van der Waals surface area contributed by atoms with Crippen LogP contribution in [-0.4, -0.2) is 11.1 Å². The van der Waals surface area contributed by atoms with Gasteiger partial charge in [0.05, 0.1) is 0 Å². The molecular weight excluding hydrogens is 200 g/mol. The zero-order chi connectivity index (χ0) is 3.58. The monoisotopic (exact) mass is 202 g/mol. The molecule has 5 heavy (non-hydrogen) atoms. The van der Waals surface area contributed by atoms with E-state index in [1.165, 1.54) is 0 Å². The minimum absolute atomic E-state index is 0. The van der Waals surface area contributed by atoms with E-state index in [1.54, 1.807) is 0 Å². The topological polar surface area (TPSA) is 37.3 Å². The number of rotatable bonds is 0. The number of aliphatic carboxylic acids is 1. The summed E-state index contributed by atoms with van der Waals surface area (Å²) in [6, 6.07) is 0. The molecule has 0 heterocycles. The molecule has 0 aromatic rings. The van der Waals surface area contributed by atoms with Gasteiger partial charge < -0.3 is 5.11 Å². The van der Waals surface area contributed by atoms with Gasteiger partial charge >= 0.3 is 0 Å². The number of hydrogen-bond acceptors (Lipinski definition) is 1. The van der Waals surface area contributed by atoms with Crippen LogP contribution < -0.4 is 0 Å². The van der Waals surface area contributed by atoms with Crippen LogP contribution in [0.5, 0.6) is 0 Å². The summed E-state index contributed by atoms with van der Waals surface area (Å²) in [5.41, 5.74) is 0. The third-order valence-electron chi connectivity index (χ3n) is 0. The van der Waals surface area contributed by atoms with Crippen molar-refractivity contribution in [1.29, 1.82) is 0 Å². The summed E-state index contributed by atoms with van der Waals surface area (Å²) in [5.74, 6) is -0.833. The second-order valence-corrected chi connectivity index (χ2v) is 0.519. The van der Waals surface area contributed by atoms with Crippen molar-refractivity contribution in [2.75, 3.05) is 0 Å². The molecule has 3 heteroatoms. The number of carbonyl (C=O) groups is 1. The fourth-order valence-corrected chi connectivity index (χ4v) is 0. The van der Waals surface area contributed by atoms with Crippen LogP contribution in [0.15, 0.2) is 0 Å². The van der Waals surface area contributed by atoms with E-state index >= 15 is 0 Å². The Labute approximate surface area is 63.1 Å². The van der Waals surface area contributed by atoms with Crippen LogP contribution in [0, 0.1) is 40.8 Å². The Hall–Kier alpha value is 0.821. The van der Waals surface area contributed by atoms with Gasteiger partial charge in [-0.2, -0.15) is 0 Å². The van der Waals surface area contributed by atoms with Crippen molar-refractivity contribution < 1.29 is 50.7 Å². The first-order valence-corrected chi connectivity index (χ1v) is 0.928. The van der Waals surface area contributed by atoms with Gasteiger partial charge in [0.25, 0.3) is 5.97 Å². The molecule has 1 N–H and O–H groups in total. The van der Waals surface area contributed by atoms with E-state index in [2.05, 4.69) is 0 Å². The SMILES string of the molecule is CC(=O)O.[Nd]. The van der Waals surface area contributed by atoms with Crippen LogP contribution in [0.2, 0.25) is 0 Å². The second kappa shape index (κ2) is 4.82. The third-order valence-corrected chi connectivity index (χ3v) is 0. The van der Waals surface area contributed by atoms with Crippen molar-refractivity contribution in [2.24, 2.45) is 0 Å². The fraction of sp³-hybridized carbons (Fsp3) is 0.500. The molecule has 0 radical (unpaired) electrons. The van der Waals surface area contributed by atoms with Gasteiger partial charge in [0.15, 0.2) is 0 Å². The van der Waals surface area contributed by atoms with Crippen LogP contribution in [0.3, 0.4) is 0 Å². The minimum atomic E-state index is -0.833. The Kier molecular flexibility index (Phi) is 8.93. The molecule has 0 atom stereocenters. The standard InChI is InChI=1S/C2H4O2.Nd/c1-2(3)4;/h1H3,(H,3,4);. The van der Waals surface area contributed by atoms with Gasteiger partial charge in [0.2, 0.25) is 0 Å². The van der Waals surface area contributed by atoms with Crippen molar-refractivity contribution in [1.82, 2.24) is 0 Å². The Morgan fingerprint density at radius 3 is 1.80 bits per heavy atom. The van der Waals surface area contributed by atoms with E-state index in [9.17, 15) is 0 Å². The van der Waals surface area contributed by atoms with Gasteiger partial charge in [-0.1, -0.05) is 0 Å². The average Bonchev–Trinajstić information content (AvgIpc) is 0.811. The van der Waals surface area contributed by atoms with E-state index in [0.29, 0.717) is 0 Å². The maximum absolute atomic E-state index is 9.00. The van der Waals surface area contributed by atoms with Gasteiger partial charge in [-0.3, -0.25) is 4.79 Å². The van der Waals surface area contributed by atoms with Crippen LogP contribution in [0.1, 0.15) is 6.92 Å². The molecule has 0 saturated heterocycles. The van der Waals surface area contributed by atoms with Crippen molar-refractivity contribution >= 4 is 5.97 Å². The summed E-state index contributed by atoms with van der Waals surface area (Å²) < 4.78 is 0. The van der Waals surface area contributed by atoms with Crippen LogP contribution >= 0.6 is 0 Å². The van der Waals surface area contributed by atoms with Crippen molar-refractivity contribution in [3.05, 3.63) is 0 Å². The van der Waals surface area contributed by atoms with Crippen LogP contribution in [0.4, 0.5) is 0 Å². The number of carboxylic acid groups (broad SMARTS) is 1. The maximum Gasteiger partial charge on any atom is 0.300 e. The van der Waals surface area contributed by atoms with Crippen LogP contribution in [-0.2, 0) is 4.79 Å². The normalized spacial score (nSPS) is 5.00. The fourth-order valence-electron chi connectivity index (χ4n) is 0. The third kappa shape index (κ3) is 56.9. The predicted octanol–water partition coefficient (Wildman–Crippen LogP) is 0.0909. The van der Waals surface area contributed by atoms with E-state index in [0.717, 1.165) is 6.92 Å². The van der Waals surface area contributed by atoms with Gasteiger partial charge in [-0.05, 0) is 0 Å². The van der Waals surface area contributed by atoms with E-state index in [-0.39, 0.29) is 40.8 Å². The second-order valence-electron chi connectivity index (χ2n) is 0.519. The van der Waals surface area contributed by atoms with E-state index < -0.39 is 5.97 Å². The number of hydrogen-bond donors (Lipinski definition) is 1. The van der Waals surface area contributed by atoms with Crippen LogP contribution in [0.25, 0.3) is 0 Å². The van der Waals surface area contributed by atoms with Gasteiger partial charge in [-0.15, -0.1) is 0 Å². The minimum Gasteiger partial charge on any atom is -0.481 e. The Morgan fingerprint density at radius 2 is 1.80 bits per heavy atom. The Balaban J connectivity index is 0. The molecular formula is C2H4NdO2. The Morgan fingerprint density at radius 1 is 1.80 bits per heavy atom. The maximum atomic E-state index is 9.00. The van der Waals surface area contributed by atoms with Crippen molar-refractivity contribution in [3.63, 3.8) is 0 Å². The molecule has 0 fully saturated rings. The molecule has 0 aliphatic carbocycles. The molecule has 28 valence electrons. The van der Waals surface area contributed by atoms with Crippen molar-refractivity contribution in [2.45, 2.75) is 6.92 Å². The molecule has 0 amide bonds. The molecule has 2 nitrogen and oxygen atoms in total. The average molecular weight is 204 g/mol. The quantitative estimate of drug-likeness (QED) is 0.607. The molecule has 0 saturated carbocycles. The van der Waals surface area contributed by atoms with Gasteiger partial charge in [-0.25, -0.2) is 0 Å².